The molecular weight excluding hydrogens is 300 g/mol. The molecule has 2 atom stereocenters. The largest absolute Gasteiger partial charge is 0.508 e. The van der Waals surface area contributed by atoms with Crippen molar-refractivity contribution in [2.45, 2.75) is 19.1 Å². The number of phenols is 2. The molecular formula is C17H14O6. The Morgan fingerprint density at radius 1 is 1.17 bits per heavy atom. The van der Waals surface area contributed by atoms with E-state index in [0.717, 1.165) is 6.07 Å². The fourth-order valence-electron chi connectivity index (χ4n) is 2.59. The molecule has 2 aromatic carbocycles. The topological polar surface area (TPSA) is 93.1 Å². The van der Waals surface area contributed by atoms with Gasteiger partial charge in [0.25, 0.3) is 0 Å². The third kappa shape index (κ3) is 2.70. The van der Waals surface area contributed by atoms with Crippen LogP contribution in [0.1, 0.15) is 28.9 Å². The molecule has 118 valence electrons. The summed E-state index contributed by atoms with van der Waals surface area (Å²) in [6.45, 7) is 1.20. The van der Waals surface area contributed by atoms with Crippen molar-refractivity contribution in [3.05, 3.63) is 53.6 Å². The van der Waals surface area contributed by atoms with Crippen LogP contribution in [-0.4, -0.2) is 28.1 Å². The van der Waals surface area contributed by atoms with Crippen molar-refractivity contribution >= 4 is 11.8 Å². The van der Waals surface area contributed by atoms with Crippen LogP contribution < -0.4 is 4.74 Å². The summed E-state index contributed by atoms with van der Waals surface area (Å²) >= 11 is 0. The lowest BCUT2D eigenvalue weighted by Gasteiger charge is -2.32. The Labute approximate surface area is 131 Å². The molecule has 0 aromatic heterocycles. The van der Waals surface area contributed by atoms with Gasteiger partial charge in [0, 0.05) is 19.1 Å². The van der Waals surface area contributed by atoms with Crippen molar-refractivity contribution in [3.8, 4) is 17.2 Å². The lowest BCUT2D eigenvalue weighted by atomic mass is 9.92. The van der Waals surface area contributed by atoms with Crippen LogP contribution in [0.3, 0.4) is 0 Å². The summed E-state index contributed by atoms with van der Waals surface area (Å²) in [4.78, 5) is 24.0. The van der Waals surface area contributed by atoms with Gasteiger partial charge < -0.3 is 19.7 Å². The first-order chi connectivity index (χ1) is 11.0. The highest BCUT2D eigenvalue weighted by atomic mass is 16.6. The number of hydrogen-bond acceptors (Lipinski definition) is 6. The van der Waals surface area contributed by atoms with Gasteiger partial charge in [-0.15, -0.1) is 0 Å². The van der Waals surface area contributed by atoms with Gasteiger partial charge in [0.05, 0.1) is 0 Å². The lowest BCUT2D eigenvalue weighted by molar-refractivity contribution is -0.148. The summed E-state index contributed by atoms with van der Waals surface area (Å²) in [5, 5.41) is 19.5. The summed E-state index contributed by atoms with van der Waals surface area (Å²) in [5.74, 6) is -1.81. The minimum atomic E-state index is -1.21. The number of Topliss-reactive ketones (excluding diaryl/α,β-unsaturated/α-hetero) is 1. The molecule has 2 N–H and O–H groups in total. The molecule has 2 aromatic rings. The van der Waals surface area contributed by atoms with E-state index in [1.54, 1.807) is 30.3 Å². The number of hydrogen-bond donors (Lipinski definition) is 2. The average molecular weight is 314 g/mol. The second-order valence-corrected chi connectivity index (χ2v) is 5.18. The van der Waals surface area contributed by atoms with Crippen molar-refractivity contribution in [3.63, 3.8) is 0 Å². The Kier molecular flexibility index (Phi) is 3.65. The minimum absolute atomic E-state index is 0.0461. The summed E-state index contributed by atoms with van der Waals surface area (Å²) in [6, 6.07) is 11.1. The summed E-state index contributed by atoms with van der Waals surface area (Å²) in [7, 11) is 0. The normalized spacial score (nSPS) is 19.6. The van der Waals surface area contributed by atoms with Gasteiger partial charge in [0.2, 0.25) is 11.9 Å². The average Bonchev–Trinajstić information content (AvgIpc) is 2.49. The highest BCUT2D eigenvalue weighted by molar-refractivity contribution is 6.06. The zero-order valence-electron chi connectivity index (χ0n) is 12.2. The lowest BCUT2D eigenvalue weighted by Crippen LogP contribution is -2.39. The number of carbonyl (C=O) groups is 2. The molecule has 0 amide bonds. The van der Waals surface area contributed by atoms with E-state index in [-0.39, 0.29) is 17.1 Å². The van der Waals surface area contributed by atoms with Gasteiger partial charge in [0.15, 0.2) is 6.10 Å². The monoisotopic (exact) mass is 314 g/mol. The molecule has 0 unspecified atom stereocenters. The fraction of sp³-hybridized carbons (Fsp3) is 0.176. The molecule has 0 radical (unpaired) electrons. The standard InChI is InChI=1S/C17H14O6/c1-9(18)22-17-15(21)14-12(20)7-11(19)8-13(14)23-16(17)10-5-3-2-4-6-10/h2-8,16-17,19-20H,1H3/t16-,17-/m0/s1. The maximum absolute atomic E-state index is 12.7. The van der Waals surface area contributed by atoms with Crippen molar-refractivity contribution in [1.29, 1.82) is 0 Å². The maximum Gasteiger partial charge on any atom is 0.303 e. The molecule has 0 bridgehead atoms. The van der Waals surface area contributed by atoms with Gasteiger partial charge in [-0.3, -0.25) is 9.59 Å². The second kappa shape index (κ2) is 5.64. The van der Waals surface area contributed by atoms with Crippen LogP contribution in [0, 0.1) is 0 Å². The Morgan fingerprint density at radius 3 is 2.52 bits per heavy atom. The molecule has 3 rings (SSSR count). The Hall–Kier alpha value is -3.02. The maximum atomic E-state index is 12.7. The van der Waals surface area contributed by atoms with Crippen LogP contribution in [0.2, 0.25) is 0 Å². The number of aromatic hydroxyl groups is 2. The SMILES string of the molecule is CC(=O)O[C@H]1C(=O)c2c(O)cc(O)cc2O[C@H]1c1ccccc1. The molecule has 0 aliphatic carbocycles. The van der Waals surface area contributed by atoms with Crippen molar-refractivity contribution < 1.29 is 29.3 Å². The van der Waals surface area contributed by atoms with E-state index in [1.165, 1.54) is 13.0 Å². The van der Waals surface area contributed by atoms with E-state index in [0.29, 0.717) is 5.56 Å². The Balaban J connectivity index is 2.11. The van der Waals surface area contributed by atoms with E-state index < -0.39 is 29.7 Å². The molecule has 23 heavy (non-hydrogen) atoms. The molecule has 1 heterocycles. The van der Waals surface area contributed by atoms with Gasteiger partial charge in [-0.2, -0.15) is 0 Å². The molecule has 0 saturated carbocycles. The predicted molar refractivity (Wildman–Crippen MR) is 79.5 cm³/mol. The Bertz CT molecular complexity index is 768. The molecule has 1 aliphatic rings. The van der Waals surface area contributed by atoms with Gasteiger partial charge in [-0.1, -0.05) is 30.3 Å². The zero-order chi connectivity index (χ0) is 16.6. The highest BCUT2D eigenvalue weighted by Crippen LogP contribution is 2.42. The molecule has 0 fully saturated rings. The number of benzene rings is 2. The number of esters is 1. The second-order valence-electron chi connectivity index (χ2n) is 5.18. The number of phenolic OH excluding ortho intramolecular Hbond substituents is 2. The number of rotatable bonds is 2. The third-order valence-corrected chi connectivity index (χ3v) is 3.52. The molecule has 1 aliphatic heterocycles. The Morgan fingerprint density at radius 2 is 1.87 bits per heavy atom. The van der Waals surface area contributed by atoms with Crippen LogP contribution in [0.5, 0.6) is 17.2 Å². The summed E-state index contributed by atoms with van der Waals surface area (Å²) in [6.07, 6.45) is -2.07. The van der Waals surface area contributed by atoms with E-state index >= 15 is 0 Å². The van der Waals surface area contributed by atoms with E-state index in [2.05, 4.69) is 0 Å². The first kappa shape index (κ1) is 14.9. The first-order valence-corrected chi connectivity index (χ1v) is 6.96. The van der Waals surface area contributed by atoms with Gasteiger partial charge >= 0.3 is 5.97 Å². The van der Waals surface area contributed by atoms with E-state index in [4.69, 9.17) is 9.47 Å². The van der Waals surface area contributed by atoms with Crippen LogP contribution in [-0.2, 0) is 9.53 Å². The van der Waals surface area contributed by atoms with Crippen LogP contribution in [0.15, 0.2) is 42.5 Å². The molecule has 0 saturated heterocycles. The van der Waals surface area contributed by atoms with Gasteiger partial charge in [0.1, 0.15) is 22.8 Å². The van der Waals surface area contributed by atoms with E-state index in [9.17, 15) is 19.8 Å². The van der Waals surface area contributed by atoms with Crippen molar-refractivity contribution in [2.75, 3.05) is 0 Å². The summed E-state index contributed by atoms with van der Waals surface area (Å²) in [5.41, 5.74) is 0.529. The fourth-order valence-corrected chi connectivity index (χ4v) is 2.59. The third-order valence-electron chi connectivity index (χ3n) is 3.52. The zero-order valence-corrected chi connectivity index (χ0v) is 12.2. The van der Waals surface area contributed by atoms with Crippen molar-refractivity contribution in [1.82, 2.24) is 0 Å². The number of ketones is 1. The van der Waals surface area contributed by atoms with Crippen LogP contribution >= 0.6 is 0 Å². The minimum Gasteiger partial charge on any atom is -0.508 e. The first-order valence-electron chi connectivity index (χ1n) is 6.96. The number of fused-ring (bicyclic) bond motifs is 1. The number of carbonyl (C=O) groups excluding carboxylic acids is 2. The highest BCUT2D eigenvalue weighted by Gasteiger charge is 2.42. The summed E-state index contributed by atoms with van der Waals surface area (Å²) < 4.78 is 10.9. The smallest absolute Gasteiger partial charge is 0.303 e. The quantitative estimate of drug-likeness (QED) is 0.827. The molecule has 6 nitrogen and oxygen atoms in total. The van der Waals surface area contributed by atoms with Gasteiger partial charge in [-0.25, -0.2) is 0 Å². The van der Waals surface area contributed by atoms with E-state index in [1.807, 2.05) is 0 Å². The van der Waals surface area contributed by atoms with Crippen molar-refractivity contribution in [2.24, 2.45) is 0 Å². The molecule has 0 spiro atoms. The van der Waals surface area contributed by atoms with Crippen LogP contribution in [0.4, 0.5) is 0 Å². The number of ether oxygens (including phenoxy) is 2. The van der Waals surface area contributed by atoms with Gasteiger partial charge in [-0.05, 0) is 5.56 Å². The van der Waals surface area contributed by atoms with Crippen LogP contribution in [0.25, 0.3) is 0 Å². The molecule has 6 heteroatoms. The predicted octanol–water partition coefficient (Wildman–Crippen LogP) is 2.35.